The molecule has 28 heavy (non-hydrogen) atoms. The second-order valence-corrected chi connectivity index (χ2v) is 6.24. The molecule has 2 aromatic carbocycles. The summed E-state index contributed by atoms with van der Waals surface area (Å²) in [7, 11) is 3.07. The van der Waals surface area contributed by atoms with E-state index in [-0.39, 0.29) is 6.42 Å². The number of methoxy groups -OCH3 is 2. The van der Waals surface area contributed by atoms with Crippen LogP contribution in [0.5, 0.6) is 11.5 Å². The Balaban J connectivity index is 1.90. The van der Waals surface area contributed by atoms with Gasteiger partial charge in [0, 0.05) is 12.1 Å². The highest BCUT2D eigenvalue weighted by Crippen LogP contribution is 2.31. The molecule has 1 N–H and O–H groups in total. The lowest BCUT2D eigenvalue weighted by Gasteiger charge is -2.15. The molecule has 0 radical (unpaired) electrons. The van der Waals surface area contributed by atoms with Gasteiger partial charge >= 0.3 is 5.97 Å². The standard InChI is InChI=1S/C21H24FNO5/c1-13-8-10-16(12-17(13)22)23-21(25)14(2)28-19(24)11-9-15-6-5-7-18(26-3)20(15)27-4/h5-8,10,12,14H,9,11H2,1-4H3,(H,23,25)/t14-/m1/s1. The predicted molar refractivity (Wildman–Crippen MR) is 103 cm³/mol. The summed E-state index contributed by atoms with van der Waals surface area (Å²) in [5.41, 5.74) is 1.58. The highest BCUT2D eigenvalue weighted by molar-refractivity contribution is 5.95. The third-order valence-electron chi connectivity index (χ3n) is 4.20. The molecule has 0 aliphatic carbocycles. The Morgan fingerprint density at radius 3 is 2.54 bits per heavy atom. The maximum absolute atomic E-state index is 13.6. The van der Waals surface area contributed by atoms with Crippen molar-refractivity contribution >= 4 is 17.6 Å². The van der Waals surface area contributed by atoms with Gasteiger partial charge in [-0.2, -0.15) is 0 Å². The molecule has 0 unspecified atom stereocenters. The predicted octanol–water partition coefficient (Wildman–Crippen LogP) is 3.65. The smallest absolute Gasteiger partial charge is 0.306 e. The highest BCUT2D eigenvalue weighted by Gasteiger charge is 2.19. The van der Waals surface area contributed by atoms with Crippen molar-refractivity contribution in [1.82, 2.24) is 0 Å². The Bertz CT molecular complexity index is 853. The van der Waals surface area contributed by atoms with Crippen LogP contribution in [0.3, 0.4) is 0 Å². The number of hydrogen-bond acceptors (Lipinski definition) is 5. The number of benzene rings is 2. The monoisotopic (exact) mass is 389 g/mol. The van der Waals surface area contributed by atoms with E-state index < -0.39 is 23.8 Å². The van der Waals surface area contributed by atoms with E-state index in [1.807, 2.05) is 6.07 Å². The van der Waals surface area contributed by atoms with Crippen molar-refractivity contribution in [2.75, 3.05) is 19.5 Å². The minimum atomic E-state index is -1.01. The molecular weight excluding hydrogens is 365 g/mol. The van der Waals surface area contributed by atoms with Crippen LogP contribution >= 0.6 is 0 Å². The summed E-state index contributed by atoms with van der Waals surface area (Å²) in [5, 5.41) is 2.53. The Morgan fingerprint density at radius 2 is 1.89 bits per heavy atom. The van der Waals surface area contributed by atoms with E-state index in [1.165, 1.54) is 27.2 Å². The van der Waals surface area contributed by atoms with Gasteiger partial charge in [-0.05, 0) is 49.6 Å². The van der Waals surface area contributed by atoms with E-state index in [9.17, 15) is 14.0 Å². The van der Waals surface area contributed by atoms with Crippen molar-refractivity contribution in [3.05, 3.63) is 53.3 Å². The van der Waals surface area contributed by atoms with E-state index in [0.29, 0.717) is 29.2 Å². The second kappa shape index (κ2) is 9.73. The third kappa shape index (κ3) is 5.45. The normalized spacial score (nSPS) is 11.5. The summed E-state index contributed by atoms with van der Waals surface area (Å²) < 4.78 is 29.3. The molecule has 0 aliphatic rings. The Labute approximate surface area is 163 Å². The number of hydrogen-bond donors (Lipinski definition) is 1. The van der Waals surface area contributed by atoms with Gasteiger partial charge in [0.05, 0.1) is 14.2 Å². The molecule has 0 bridgehead atoms. The largest absolute Gasteiger partial charge is 0.493 e. The van der Waals surface area contributed by atoms with Gasteiger partial charge in [0.1, 0.15) is 5.82 Å². The topological polar surface area (TPSA) is 73.9 Å². The minimum absolute atomic E-state index is 0.0697. The molecule has 0 aliphatic heterocycles. The van der Waals surface area contributed by atoms with E-state index in [4.69, 9.17) is 14.2 Å². The average Bonchev–Trinajstić information content (AvgIpc) is 2.68. The molecular formula is C21H24FNO5. The number of carbonyl (C=O) groups is 2. The van der Waals surface area contributed by atoms with Crippen LogP contribution in [0.4, 0.5) is 10.1 Å². The quantitative estimate of drug-likeness (QED) is 0.698. The van der Waals surface area contributed by atoms with Gasteiger partial charge in [0.15, 0.2) is 17.6 Å². The lowest BCUT2D eigenvalue weighted by molar-refractivity contribution is -0.153. The van der Waals surface area contributed by atoms with Gasteiger partial charge in [-0.25, -0.2) is 4.39 Å². The first-order valence-electron chi connectivity index (χ1n) is 8.82. The SMILES string of the molecule is COc1cccc(CCC(=O)O[C@H](C)C(=O)Nc2ccc(C)c(F)c2)c1OC. The molecule has 0 aromatic heterocycles. The maximum Gasteiger partial charge on any atom is 0.306 e. The van der Waals surface area contributed by atoms with E-state index in [1.54, 1.807) is 31.2 Å². The fourth-order valence-electron chi connectivity index (χ4n) is 2.61. The Kier molecular flexibility index (Phi) is 7.37. The number of ether oxygens (including phenoxy) is 3. The molecule has 2 aromatic rings. The van der Waals surface area contributed by atoms with Gasteiger partial charge < -0.3 is 19.5 Å². The van der Waals surface area contributed by atoms with Crippen LogP contribution in [0.2, 0.25) is 0 Å². The fraction of sp³-hybridized carbons (Fsp3) is 0.333. The van der Waals surface area contributed by atoms with Crippen LogP contribution in [0.25, 0.3) is 0 Å². The summed E-state index contributed by atoms with van der Waals surface area (Å²) in [4.78, 5) is 24.3. The Morgan fingerprint density at radius 1 is 1.14 bits per heavy atom. The molecule has 1 atom stereocenters. The van der Waals surface area contributed by atoms with Crippen molar-refractivity contribution in [3.8, 4) is 11.5 Å². The summed E-state index contributed by atoms with van der Waals surface area (Å²) in [6, 6.07) is 9.76. The van der Waals surface area contributed by atoms with Crippen molar-refractivity contribution in [2.45, 2.75) is 32.8 Å². The molecule has 6 nitrogen and oxygen atoms in total. The van der Waals surface area contributed by atoms with Crippen LogP contribution < -0.4 is 14.8 Å². The van der Waals surface area contributed by atoms with Crippen LogP contribution in [0.15, 0.2) is 36.4 Å². The summed E-state index contributed by atoms with van der Waals surface area (Å²) in [6.07, 6.45) is -0.569. The highest BCUT2D eigenvalue weighted by atomic mass is 19.1. The number of anilines is 1. The molecule has 0 saturated heterocycles. The summed E-state index contributed by atoms with van der Waals surface area (Å²) in [5.74, 6) is -0.343. The Hall–Kier alpha value is -3.09. The van der Waals surface area contributed by atoms with Crippen LogP contribution in [-0.4, -0.2) is 32.2 Å². The average molecular weight is 389 g/mol. The number of halogens is 1. The zero-order valence-corrected chi connectivity index (χ0v) is 16.4. The summed E-state index contributed by atoms with van der Waals surface area (Å²) in [6.45, 7) is 3.09. The van der Waals surface area contributed by atoms with Crippen molar-refractivity contribution < 1.29 is 28.2 Å². The number of carbonyl (C=O) groups excluding carboxylic acids is 2. The van der Waals surface area contributed by atoms with Crippen LogP contribution in [-0.2, 0) is 20.7 Å². The fourth-order valence-corrected chi connectivity index (χ4v) is 2.61. The van der Waals surface area contributed by atoms with E-state index in [0.717, 1.165) is 5.56 Å². The number of rotatable bonds is 8. The molecule has 0 saturated carbocycles. The minimum Gasteiger partial charge on any atom is -0.493 e. The third-order valence-corrected chi connectivity index (χ3v) is 4.20. The zero-order chi connectivity index (χ0) is 20.7. The lowest BCUT2D eigenvalue weighted by Crippen LogP contribution is -2.30. The summed E-state index contributed by atoms with van der Waals surface area (Å²) >= 11 is 0. The molecule has 1 amide bonds. The van der Waals surface area contributed by atoms with Crippen molar-refractivity contribution in [1.29, 1.82) is 0 Å². The number of nitrogens with one attached hydrogen (secondary N) is 1. The number of aryl methyl sites for hydroxylation is 2. The number of esters is 1. The van der Waals surface area contributed by atoms with Crippen LogP contribution in [0, 0.1) is 12.7 Å². The van der Waals surface area contributed by atoms with Gasteiger partial charge in [-0.1, -0.05) is 18.2 Å². The van der Waals surface area contributed by atoms with E-state index in [2.05, 4.69) is 5.32 Å². The first kappa shape index (κ1) is 21.2. The van der Waals surface area contributed by atoms with Gasteiger partial charge in [0.2, 0.25) is 0 Å². The molecule has 0 fully saturated rings. The number of para-hydroxylation sites is 1. The first-order chi connectivity index (χ1) is 13.3. The molecule has 2 rings (SSSR count). The second-order valence-electron chi connectivity index (χ2n) is 6.24. The zero-order valence-electron chi connectivity index (χ0n) is 16.4. The maximum atomic E-state index is 13.6. The molecule has 7 heteroatoms. The molecule has 0 spiro atoms. The van der Waals surface area contributed by atoms with Crippen LogP contribution in [0.1, 0.15) is 24.5 Å². The van der Waals surface area contributed by atoms with Gasteiger partial charge in [0.25, 0.3) is 5.91 Å². The van der Waals surface area contributed by atoms with Gasteiger partial charge in [-0.3, -0.25) is 9.59 Å². The van der Waals surface area contributed by atoms with E-state index >= 15 is 0 Å². The van der Waals surface area contributed by atoms with Crippen molar-refractivity contribution in [2.24, 2.45) is 0 Å². The van der Waals surface area contributed by atoms with Gasteiger partial charge in [-0.15, -0.1) is 0 Å². The lowest BCUT2D eigenvalue weighted by atomic mass is 10.1. The van der Waals surface area contributed by atoms with Crippen molar-refractivity contribution in [3.63, 3.8) is 0 Å². The molecule has 0 heterocycles. The first-order valence-corrected chi connectivity index (χ1v) is 8.82. The molecule has 150 valence electrons. The number of amides is 1.